The number of hydrogen-bond donors (Lipinski definition) is 1. The average Bonchev–Trinajstić information content (AvgIpc) is 2.97. The van der Waals surface area contributed by atoms with Crippen molar-refractivity contribution in [1.29, 1.82) is 0 Å². The van der Waals surface area contributed by atoms with Crippen LogP contribution in [0, 0.1) is 0 Å². The zero-order chi connectivity index (χ0) is 11.7. The Bertz CT molecular complexity index is 628. The molecule has 3 rings (SSSR count). The summed E-state index contributed by atoms with van der Waals surface area (Å²) in [5.74, 6) is 0.804. The van der Waals surface area contributed by atoms with E-state index >= 15 is 0 Å². The van der Waals surface area contributed by atoms with Gasteiger partial charge in [0.1, 0.15) is 10.5 Å². The molecule has 0 bridgehead atoms. The standard InChI is InChI=1S/C11H11N5S/c1-16-7-15-10-8(16)2-3-13-11(10)14-6-9-12-4-5-17-9/h2-5,7H,6H2,1H3,(H,13,14). The number of aromatic nitrogens is 4. The van der Waals surface area contributed by atoms with Gasteiger partial charge in [0.05, 0.1) is 18.4 Å². The molecule has 0 fully saturated rings. The summed E-state index contributed by atoms with van der Waals surface area (Å²) in [5.41, 5.74) is 1.97. The van der Waals surface area contributed by atoms with Crippen molar-refractivity contribution in [1.82, 2.24) is 19.5 Å². The van der Waals surface area contributed by atoms with Crippen molar-refractivity contribution in [2.45, 2.75) is 6.54 Å². The third kappa shape index (κ3) is 1.87. The van der Waals surface area contributed by atoms with Crippen LogP contribution in [0.3, 0.4) is 0 Å². The van der Waals surface area contributed by atoms with E-state index in [9.17, 15) is 0 Å². The Morgan fingerprint density at radius 3 is 3.06 bits per heavy atom. The van der Waals surface area contributed by atoms with Crippen LogP contribution in [0.5, 0.6) is 0 Å². The number of thiazole rings is 1. The highest BCUT2D eigenvalue weighted by Gasteiger charge is 2.06. The van der Waals surface area contributed by atoms with Gasteiger partial charge in [0.25, 0.3) is 0 Å². The van der Waals surface area contributed by atoms with Crippen LogP contribution in [-0.4, -0.2) is 19.5 Å². The molecule has 1 N–H and O–H groups in total. The predicted molar refractivity (Wildman–Crippen MR) is 67.9 cm³/mol. The summed E-state index contributed by atoms with van der Waals surface area (Å²) in [6, 6.07) is 1.96. The first-order chi connectivity index (χ1) is 8.34. The molecule has 0 saturated heterocycles. The summed E-state index contributed by atoms with van der Waals surface area (Å²) in [4.78, 5) is 12.9. The van der Waals surface area contributed by atoms with Crippen LogP contribution in [0.4, 0.5) is 5.82 Å². The first-order valence-corrected chi connectivity index (χ1v) is 6.11. The zero-order valence-corrected chi connectivity index (χ0v) is 10.1. The van der Waals surface area contributed by atoms with E-state index in [1.165, 1.54) is 0 Å². The molecule has 5 nitrogen and oxygen atoms in total. The minimum Gasteiger partial charge on any atom is -0.362 e. The third-order valence-electron chi connectivity index (χ3n) is 2.53. The normalized spacial score (nSPS) is 10.9. The highest BCUT2D eigenvalue weighted by Crippen LogP contribution is 2.19. The molecule has 0 unspecified atom stereocenters. The molecule has 0 aromatic carbocycles. The largest absolute Gasteiger partial charge is 0.362 e. The minimum atomic E-state index is 0.681. The lowest BCUT2D eigenvalue weighted by molar-refractivity contribution is 0.947. The van der Waals surface area contributed by atoms with Crippen LogP contribution < -0.4 is 5.32 Å². The Kier molecular flexibility index (Phi) is 2.49. The van der Waals surface area contributed by atoms with Gasteiger partial charge in [-0.2, -0.15) is 0 Å². The van der Waals surface area contributed by atoms with Gasteiger partial charge in [0.15, 0.2) is 5.82 Å². The fraction of sp³-hybridized carbons (Fsp3) is 0.182. The molecule has 17 heavy (non-hydrogen) atoms. The number of nitrogens with one attached hydrogen (secondary N) is 1. The highest BCUT2D eigenvalue weighted by molar-refractivity contribution is 7.09. The summed E-state index contributed by atoms with van der Waals surface area (Å²) in [6.45, 7) is 0.681. The molecule has 3 heterocycles. The predicted octanol–water partition coefficient (Wildman–Crippen LogP) is 2.04. The highest BCUT2D eigenvalue weighted by atomic mass is 32.1. The van der Waals surface area contributed by atoms with Crippen LogP contribution in [-0.2, 0) is 13.6 Å². The van der Waals surface area contributed by atoms with E-state index < -0.39 is 0 Å². The van der Waals surface area contributed by atoms with Crippen molar-refractivity contribution in [2.75, 3.05) is 5.32 Å². The second-order valence-electron chi connectivity index (χ2n) is 3.66. The van der Waals surface area contributed by atoms with Crippen molar-refractivity contribution in [3.05, 3.63) is 35.2 Å². The first-order valence-electron chi connectivity index (χ1n) is 5.23. The van der Waals surface area contributed by atoms with Crippen molar-refractivity contribution in [2.24, 2.45) is 7.05 Å². The van der Waals surface area contributed by atoms with Crippen LogP contribution >= 0.6 is 11.3 Å². The number of rotatable bonds is 3. The number of imidazole rings is 1. The van der Waals surface area contributed by atoms with Crippen molar-refractivity contribution >= 4 is 28.2 Å². The van der Waals surface area contributed by atoms with Gasteiger partial charge in [-0.25, -0.2) is 15.0 Å². The van der Waals surface area contributed by atoms with Crippen LogP contribution in [0.15, 0.2) is 30.2 Å². The Morgan fingerprint density at radius 2 is 2.24 bits per heavy atom. The average molecular weight is 245 g/mol. The smallest absolute Gasteiger partial charge is 0.154 e. The van der Waals surface area contributed by atoms with E-state index in [1.807, 2.05) is 23.1 Å². The van der Waals surface area contributed by atoms with Gasteiger partial charge in [0, 0.05) is 24.8 Å². The van der Waals surface area contributed by atoms with Gasteiger partial charge in [-0.15, -0.1) is 11.3 Å². The molecular formula is C11H11N5S. The molecule has 0 amide bonds. The number of fused-ring (bicyclic) bond motifs is 1. The van der Waals surface area contributed by atoms with Gasteiger partial charge < -0.3 is 9.88 Å². The zero-order valence-electron chi connectivity index (χ0n) is 9.29. The summed E-state index contributed by atoms with van der Waals surface area (Å²) in [5, 5.41) is 6.27. The molecule has 3 aromatic rings. The van der Waals surface area contributed by atoms with Crippen LogP contribution in [0.1, 0.15) is 5.01 Å². The fourth-order valence-corrected chi connectivity index (χ4v) is 2.25. The van der Waals surface area contributed by atoms with Crippen molar-refractivity contribution in [3.63, 3.8) is 0 Å². The second-order valence-corrected chi connectivity index (χ2v) is 4.64. The maximum absolute atomic E-state index is 4.34. The Labute approximate surface area is 102 Å². The number of aryl methyl sites for hydroxylation is 1. The topological polar surface area (TPSA) is 55.6 Å². The molecule has 0 aliphatic heterocycles. The van der Waals surface area contributed by atoms with Gasteiger partial charge in [0.2, 0.25) is 0 Å². The Morgan fingerprint density at radius 1 is 1.29 bits per heavy atom. The fourth-order valence-electron chi connectivity index (χ4n) is 1.69. The lowest BCUT2D eigenvalue weighted by Crippen LogP contribution is -2.01. The van der Waals surface area contributed by atoms with E-state index in [1.54, 1.807) is 30.1 Å². The summed E-state index contributed by atoms with van der Waals surface area (Å²) < 4.78 is 1.98. The maximum Gasteiger partial charge on any atom is 0.154 e. The second kappa shape index (κ2) is 4.14. The quantitative estimate of drug-likeness (QED) is 0.767. The number of anilines is 1. The van der Waals surface area contributed by atoms with Gasteiger partial charge in [-0.1, -0.05) is 0 Å². The Hall–Kier alpha value is -1.95. The number of nitrogens with zero attached hydrogens (tertiary/aromatic N) is 4. The molecule has 3 aromatic heterocycles. The van der Waals surface area contributed by atoms with Gasteiger partial charge in [-0.05, 0) is 6.07 Å². The summed E-state index contributed by atoms with van der Waals surface area (Å²) in [6.07, 6.45) is 5.38. The molecule has 6 heteroatoms. The third-order valence-corrected chi connectivity index (χ3v) is 3.31. The summed E-state index contributed by atoms with van der Waals surface area (Å²) >= 11 is 1.63. The van der Waals surface area contributed by atoms with Crippen LogP contribution in [0.2, 0.25) is 0 Å². The summed E-state index contributed by atoms with van der Waals surface area (Å²) in [7, 11) is 1.97. The Balaban J connectivity index is 1.90. The van der Waals surface area contributed by atoms with Gasteiger partial charge >= 0.3 is 0 Å². The minimum absolute atomic E-state index is 0.681. The van der Waals surface area contributed by atoms with Crippen molar-refractivity contribution < 1.29 is 0 Å². The SMILES string of the molecule is Cn1cnc2c(NCc3nccs3)nccc21. The molecule has 0 aliphatic rings. The van der Waals surface area contributed by atoms with Crippen LogP contribution in [0.25, 0.3) is 11.0 Å². The molecule has 86 valence electrons. The van der Waals surface area contributed by atoms with Gasteiger partial charge in [-0.3, -0.25) is 0 Å². The van der Waals surface area contributed by atoms with E-state index in [0.717, 1.165) is 21.9 Å². The van der Waals surface area contributed by atoms with Crippen molar-refractivity contribution in [3.8, 4) is 0 Å². The lowest BCUT2D eigenvalue weighted by Gasteiger charge is -2.03. The first kappa shape index (κ1) is 10.2. The van der Waals surface area contributed by atoms with E-state index in [0.29, 0.717) is 6.54 Å². The molecular weight excluding hydrogens is 234 g/mol. The number of hydrogen-bond acceptors (Lipinski definition) is 5. The van der Waals surface area contributed by atoms with E-state index in [4.69, 9.17) is 0 Å². The monoisotopic (exact) mass is 245 g/mol. The molecule has 0 aliphatic carbocycles. The molecule has 0 atom stereocenters. The molecule has 0 saturated carbocycles. The number of pyridine rings is 1. The molecule has 0 spiro atoms. The van der Waals surface area contributed by atoms with E-state index in [2.05, 4.69) is 20.3 Å². The lowest BCUT2D eigenvalue weighted by atomic mass is 10.4. The maximum atomic E-state index is 4.34. The van der Waals surface area contributed by atoms with E-state index in [-0.39, 0.29) is 0 Å². The molecule has 0 radical (unpaired) electrons.